The molecule has 1 fully saturated rings. The minimum Gasteiger partial charge on any atom is -0.369 e. The maximum Gasteiger partial charge on any atom is 0.400 e. The van der Waals surface area contributed by atoms with E-state index in [-0.39, 0.29) is 48.7 Å². The Kier molecular flexibility index (Phi) is 6.58. The SMILES string of the molecule is Nc1nc2c(c(=O)n1C(c1ccccc1)C1CCC1)CCN(C(=O)CC(C(F)(F)F)C(F)(F)F)C2. The summed E-state index contributed by atoms with van der Waals surface area (Å²) < 4.78 is 78.7. The Balaban J connectivity index is 1.62. The maximum atomic E-state index is 13.5. The van der Waals surface area contributed by atoms with Crippen LogP contribution in [0.1, 0.15) is 48.5 Å². The number of amides is 1. The minimum absolute atomic E-state index is 0.0396. The van der Waals surface area contributed by atoms with Gasteiger partial charge in [0.15, 0.2) is 5.92 Å². The molecule has 1 atom stereocenters. The lowest BCUT2D eigenvalue weighted by Gasteiger charge is -2.37. The van der Waals surface area contributed by atoms with Crippen molar-refractivity contribution in [1.29, 1.82) is 0 Å². The first-order valence-electron chi connectivity index (χ1n) is 11.2. The van der Waals surface area contributed by atoms with E-state index in [4.69, 9.17) is 5.73 Å². The molecule has 1 amide bonds. The lowest BCUT2D eigenvalue weighted by molar-refractivity contribution is -0.284. The molecule has 0 spiro atoms. The average molecular weight is 502 g/mol. The molecular formula is C23H24F6N4O2. The van der Waals surface area contributed by atoms with Crippen molar-refractivity contribution in [3.63, 3.8) is 0 Å². The Labute approximate surface area is 196 Å². The predicted molar refractivity (Wildman–Crippen MR) is 114 cm³/mol. The van der Waals surface area contributed by atoms with Crippen molar-refractivity contribution in [3.05, 3.63) is 57.5 Å². The maximum absolute atomic E-state index is 13.5. The molecule has 190 valence electrons. The van der Waals surface area contributed by atoms with Crippen LogP contribution in [0, 0.1) is 11.8 Å². The van der Waals surface area contributed by atoms with Crippen LogP contribution in [0.2, 0.25) is 0 Å². The molecule has 1 aliphatic carbocycles. The normalized spacial score (nSPS) is 17.7. The van der Waals surface area contributed by atoms with E-state index < -0.39 is 36.2 Å². The van der Waals surface area contributed by atoms with Crippen LogP contribution in [-0.2, 0) is 17.8 Å². The number of alkyl halides is 6. The molecule has 0 radical (unpaired) electrons. The standard InChI is InChI=1S/C23H24F6N4O2/c24-22(25,26)17(23(27,28)29)11-18(34)32-10-9-15-16(12-32)31-21(30)33(20(15)35)19(14-7-4-8-14)13-5-2-1-3-6-13/h1-3,5-6,14,17,19H,4,7-12H2,(H2,30,31). The van der Waals surface area contributed by atoms with Crippen molar-refractivity contribution in [2.24, 2.45) is 11.8 Å². The number of rotatable bonds is 5. The summed E-state index contributed by atoms with van der Waals surface area (Å²) in [7, 11) is 0. The van der Waals surface area contributed by atoms with Gasteiger partial charge in [-0.25, -0.2) is 4.98 Å². The van der Waals surface area contributed by atoms with Gasteiger partial charge in [-0.3, -0.25) is 14.2 Å². The highest BCUT2D eigenvalue weighted by Gasteiger charge is 2.57. The van der Waals surface area contributed by atoms with Crippen LogP contribution in [0.25, 0.3) is 0 Å². The van der Waals surface area contributed by atoms with Crippen LogP contribution in [0.5, 0.6) is 0 Å². The van der Waals surface area contributed by atoms with Crippen molar-refractivity contribution >= 4 is 11.9 Å². The van der Waals surface area contributed by atoms with Crippen LogP contribution in [-0.4, -0.2) is 39.3 Å². The van der Waals surface area contributed by atoms with Crippen molar-refractivity contribution in [2.75, 3.05) is 12.3 Å². The van der Waals surface area contributed by atoms with E-state index in [1.807, 2.05) is 30.3 Å². The number of anilines is 1. The average Bonchev–Trinajstić information content (AvgIpc) is 2.74. The Bertz CT molecular complexity index is 1130. The van der Waals surface area contributed by atoms with Gasteiger partial charge in [-0.05, 0) is 30.7 Å². The molecular weight excluding hydrogens is 478 g/mol. The number of nitrogens with two attached hydrogens (primary N) is 1. The fourth-order valence-electron chi connectivity index (χ4n) is 4.76. The van der Waals surface area contributed by atoms with Gasteiger partial charge in [0, 0.05) is 18.5 Å². The fraction of sp³-hybridized carbons (Fsp3) is 0.522. The van der Waals surface area contributed by atoms with E-state index in [1.165, 1.54) is 4.57 Å². The summed E-state index contributed by atoms with van der Waals surface area (Å²) in [5, 5.41) is 0. The highest BCUT2D eigenvalue weighted by Crippen LogP contribution is 2.42. The lowest BCUT2D eigenvalue weighted by Crippen LogP contribution is -2.45. The molecule has 6 nitrogen and oxygen atoms in total. The second-order valence-corrected chi connectivity index (χ2v) is 9.02. The molecule has 35 heavy (non-hydrogen) atoms. The molecule has 1 aliphatic heterocycles. The van der Waals surface area contributed by atoms with Gasteiger partial charge < -0.3 is 10.6 Å². The zero-order valence-corrected chi connectivity index (χ0v) is 18.6. The third-order valence-electron chi connectivity index (χ3n) is 6.83. The first kappa shape index (κ1) is 25.1. The van der Waals surface area contributed by atoms with Gasteiger partial charge in [-0.2, -0.15) is 26.3 Å². The summed E-state index contributed by atoms with van der Waals surface area (Å²) in [5.74, 6) is -4.99. The van der Waals surface area contributed by atoms with E-state index in [2.05, 4.69) is 4.98 Å². The molecule has 1 aromatic carbocycles. The number of halogens is 6. The summed E-state index contributed by atoms with van der Waals surface area (Å²) in [6.07, 6.45) is -10.2. The van der Waals surface area contributed by atoms with Gasteiger partial charge in [-0.15, -0.1) is 0 Å². The molecule has 0 bridgehead atoms. The third-order valence-corrected chi connectivity index (χ3v) is 6.83. The molecule has 12 heteroatoms. The number of hydrogen-bond donors (Lipinski definition) is 1. The van der Waals surface area contributed by atoms with E-state index >= 15 is 0 Å². The first-order chi connectivity index (χ1) is 16.4. The van der Waals surface area contributed by atoms with Gasteiger partial charge in [0.2, 0.25) is 11.9 Å². The molecule has 2 aromatic rings. The summed E-state index contributed by atoms with van der Waals surface area (Å²) in [6.45, 7) is -0.565. The zero-order valence-electron chi connectivity index (χ0n) is 18.6. The quantitative estimate of drug-likeness (QED) is 0.621. The topological polar surface area (TPSA) is 81.2 Å². The number of nitrogens with zero attached hydrogens (tertiary/aromatic N) is 3. The number of benzene rings is 1. The Morgan fingerprint density at radius 2 is 1.71 bits per heavy atom. The van der Waals surface area contributed by atoms with E-state index in [0.29, 0.717) is 0 Å². The Morgan fingerprint density at radius 1 is 1.09 bits per heavy atom. The van der Waals surface area contributed by atoms with Crippen molar-refractivity contribution < 1.29 is 31.1 Å². The van der Waals surface area contributed by atoms with Gasteiger partial charge >= 0.3 is 12.4 Å². The lowest BCUT2D eigenvalue weighted by atomic mass is 9.77. The number of fused-ring (bicyclic) bond motifs is 1. The van der Waals surface area contributed by atoms with Crippen molar-refractivity contribution in [3.8, 4) is 0 Å². The van der Waals surface area contributed by atoms with Crippen LogP contribution >= 0.6 is 0 Å². The van der Waals surface area contributed by atoms with Crippen LogP contribution < -0.4 is 11.3 Å². The Morgan fingerprint density at radius 3 is 2.26 bits per heavy atom. The largest absolute Gasteiger partial charge is 0.400 e. The van der Waals surface area contributed by atoms with Crippen LogP contribution in [0.4, 0.5) is 32.3 Å². The number of hydrogen-bond acceptors (Lipinski definition) is 4. The highest BCUT2D eigenvalue weighted by molar-refractivity contribution is 5.77. The second-order valence-electron chi connectivity index (χ2n) is 9.02. The smallest absolute Gasteiger partial charge is 0.369 e. The van der Waals surface area contributed by atoms with Gasteiger partial charge in [-0.1, -0.05) is 36.8 Å². The summed E-state index contributed by atoms with van der Waals surface area (Å²) >= 11 is 0. The van der Waals surface area contributed by atoms with Crippen molar-refractivity contribution in [1.82, 2.24) is 14.5 Å². The molecule has 1 saturated carbocycles. The number of carbonyl (C=O) groups excluding carboxylic acids is 1. The summed E-state index contributed by atoms with van der Waals surface area (Å²) in [6, 6.07) is 9.01. The minimum atomic E-state index is -5.61. The van der Waals surface area contributed by atoms with Crippen molar-refractivity contribution in [2.45, 2.75) is 57.0 Å². The molecule has 1 unspecified atom stereocenters. The molecule has 1 aromatic heterocycles. The number of aromatic nitrogens is 2. The molecule has 2 N–H and O–H groups in total. The van der Waals surface area contributed by atoms with Gasteiger partial charge in [0.25, 0.3) is 5.56 Å². The highest BCUT2D eigenvalue weighted by atomic mass is 19.4. The molecule has 2 aliphatic rings. The number of nitrogen functional groups attached to an aromatic ring is 1. The van der Waals surface area contributed by atoms with E-state index in [9.17, 15) is 35.9 Å². The zero-order chi connectivity index (χ0) is 25.5. The van der Waals surface area contributed by atoms with Crippen LogP contribution in [0.15, 0.2) is 35.1 Å². The second kappa shape index (κ2) is 9.19. The summed E-state index contributed by atoms with van der Waals surface area (Å²) in [4.78, 5) is 31.0. The number of carbonyl (C=O) groups is 1. The molecule has 0 saturated heterocycles. The monoisotopic (exact) mass is 502 g/mol. The first-order valence-corrected chi connectivity index (χ1v) is 11.2. The Hall–Kier alpha value is -3.05. The third kappa shape index (κ3) is 5.01. The fourth-order valence-corrected chi connectivity index (χ4v) is 4.76. The summed E-state index contributed by atoms with van der Waals surface area (Å²) in [5.41, 5.74) is 7.03. The van der Waals surface area contributed by atoms with Crippen LogP contribution in [0.3, 0.4) is 0 Å². The van der Waals surface area contributed by atoms with E-state index in [1.54, 1.807) is 0 Å². The van der Waals surface area contributed by atoms with Gasteiger partial charge in [0.1, 0.15) is 0 Å². The van der Waals surface area contributed by atoms with Gasteiger partial charge in [0.05, 0.1) is 18.3 Å². The molecule has 4 rings (SSSR count). The predicted octanol–water partition coefficient (Wildman–Crippen LogP) is 4.23. The van der Waals surface area contributed by atoms with E-state index in [0.717, 1.165) is 29.7 Å². The molecule has 2 heterocycles.